The van der Waals surface area contributed by atoms with Crippen LogP contribution in [0.3, 0.4) is 0 Å². The molecule has 0 bridgehead atoms. The molecule has 1 amide bonds. The fourth-order valence-electron chi connectivity index (χ4n) is 1.87. The maximum Gasteiger partial charge on any atom is 0.248 e. The van der Waals surface area contributed by atoms with Gasteiger partial charge in [0.05, 0.1) is 5.69 Å². The summed E-state index contributed by atoms with van der Waals surface area (Å²) in [4.78, 5) is 15.4. The first-order chi connectivity index (χ1) is 8.70. The van der Waals surface area contributed by atoms with Gasteiger partial charge in [-0.25, -0.2) is 0 Å². The van der Waals surface area contributed by atoms with E-state index >= 15 is 0 Å². The van der Waals surface area contributed by atoms with Crippen LogP contribution >= 0.6 is 0 Å². The number of rotatable bonds is 4. The largest absolute Gasteiger partial charge is 0.366 e. The summed E-state index contributed by atoms with van der Waals surface area (Å²) in [6.07, 6.45) is 3.82. The number of hydrogen-bond acceptors (Lipinski definition) is 2. The van der Waals surface area contributed by atoms with Gasteiger partial charge in [-0.3, -0.25) is 9.78 Å². The van der Waals surface area contributed by atoms with Crippen molar-refractivity contribution in [3.8, 4) is 11.3 Å². The van der Waals surface area contributed by atoms with Crippen molar-refractivity contribution < 1.29 is 4.79 Å². The Bertz CT molecular complexity index is 547. The molecule has 2 N–H and O–H groups in total. The molecule has 2 aromatic rings. The maximum atomic E-state index is 11.1. The summed E-state index contributed by atoms with van der Waals surface area (Å²) in [6.45, 7) is 2.16. The van der Waals surface area contributed by atoms with Crippen LogP contribution in [-0.4, -0.2) is 10.9 Å². The average molecular weight is 240 g/mol. The van der Waals surface area contributed by atoms with E-state index in [1.807, 2.05) is 12.1 Å². The third-order valence-electron chi connectivity index (χ3n) is 2.83. The molecular weight excluding hydrogens is 224 g/mol. The van der Waals surface area contributed by atoms with Gasteiger partial charge in [0.15, 0.2) is 0 Å². The molecule has 0 aliphatic carbocycles. The number of aromatic nitrogens is 1. The standard InChI is InChI=1S/C15H16N2O/c1-2-3-11-4-6-12(7-5-11)14-10-13(15(16)18)8-9-17-14/h4-10H,2-3H2,1H3,(H2,16,18). The van der Waals surface area contributed by atoms with E-state index in [9.17, 15) is 4.79 Å². The molecule has 0 saturated heterocycles. The number of carbonyl (C=O) groups is 1. The first-order valence-electron chi connectivity index (χ1n) is 6.06. The van der Waals surface area contributed by atoms with E-state index in [0.717, 1.165) is 24.1 Å². The second-order valence-corrected chi connectivity index (χ2v) is 4.24. The summed E-state index contributed by atoms with van der Waals surface area (Å²) < 4.78 is 0. The monoisotopic (exact) mass is 240 g/mol. The van der Waals surface area contributed by atoms with Gasteiger partial charge < -0.3 is 5.73 Å². The summed E-state index contributed by atoms with van der Waals surface area (Å²) in [7, 11) is 0. The smallest absolute Gasteiger partial charge is 0.248 e. The predicted octanol–water partition coefficient (Wildman–Crippen LogP) is 2.80. The number of amides is 1. The lowest BCUT2D eigenvalue weighted by Crippen LogP contribution is -2.10. The van der Waals surface area contributed by atoms with Crippen molar-refractivity contribution >= 4 is 5.91 Å². The van der Waals surface area contributed by atoms with Crippen molar-refractivity contribution in [1.29, 1.82) is 0 Å². The van der Waals surface area contributed by atoms with Crippen LogP contribution in [0.4, 0.5) is 0 Å². The highest BCUT2D eigenvalue weighted by atomic mass is 16.1. The highest BCUT2D eigenvalue weighted by molar-refractivity contribution is 5.93. The highest BCUT2D eigenvalue weighted by Crippen LogP contribution is 2.19. The van der Waals surface area contributed by atoms with Gasteiger partial charge in [0.1, 0.15) is 0 Å². The molecule has 1 aromatic heterocycles. The minimum Gasteiger partial charge on any atom is -0.366 e. The van der Waals surface area contributed by atoms with Crippen LogP contribution in [0.2, 0.25) is 0 Å². The van der Waals surface area contributed by atoms with E-state index in [4.69, 9.17) is 5.73 Å². The Morgan fingerprint density at radius 1 is 1.22 bits per heavy atom. The van der Waals surface area contributed by atoms with Crippen molar-refractivity contribution in [2.24, 2.45) is 5.73 Å². The molecule has 0 saturated carbocycles. The first kappa shape index (κ1) is 12.3. The van der Waals surface area contributed by atoms with Gasteiger partial charge in [-0.2, -0.15) is 0 Å². The van der Waals surface area contributed by atoms with Gasteiger partial charge in [0, 0.05) is 17.3 Å². The van der Waals surface area contributed by atoms with Crippen molar-refractivity contribution in [3.05, 3.63) is 53.7 Å². The van der Waals surface area contributed by atoms with Crippen LogP contribution in [0.25, 0.3) is 11.3 Å². The summed E-state index contributed by atoms with van der Waals surface area (Å²) in [5, 5.41) is 0. The van der Waals surface area contributed by atoms with Crippen LogP contribution in [-0.2, 0) is 6.42 Å². The molecule has 3 heteroatoms. The van der Waals surface area contributed by atoms with Crippen molar-refractivity contribution in [3.63, 3.8) is 0 Å². The molecule has 0 atom stereocenters. The molecular formula is C15H16N2O. The second kappa shape index (κ2) is 5.45. The summed E-state index contributed by atoms with van der Waals surface area (Å²) in [5.74, 6) is -0.429. The maximum absolute atomic E-state index is 11.1. The zero-order valence-electron chi connectivity index (χ0n) is 10.4. The molecule has 0 fully saturated rings. The molecule has 92 valence electrons. The SMILES string of the molecule is CCCc1ccc(-c2cc(C(N)=O)ccn2)cc1. The zero-order chi connectivity index (χ0) is 13.0. The Morgan fingerprint density at radius 3 is 2.56 bits per heavy atom. The number of primary amides is 1. The quantitative estimate of drug-likeness (QED) is 0.893. The summed E-state index contributed by atoms with van der Waals surface area (Å²) in [5.41, 5.74) is 8.82. The number of carbonyl (C=O) groups excluding carboxylic acids is 1. The highest BCUT2D eigenvalue weighted by Gasteiger charge is 2.04. The van der Waals surface area contributed by atoms with Gasteiger partial charge in [-0.15, -0.1) is 0 Å². The minimum absolute atomic E-state index is 0.429. The van der Waals surface area contributed by atoms with Gasteiger partial charge in [-0.05, 0) is 24.1 Å². The molecule has 0 aliphatic rings. The third-order valence-corrected chi connectivity index (χ3v) is 2.83. The van der Waals surface area contributed by atoms with Crippen LogP contribution in [0.1, 0.15) is 29.3 Å². The van der Waals surface area contributed by atoms with Crippen LogP contribution in [0.5, 0.6) is 0 Å². The van der Waals surface area contributed by atoms with Crippen LogP contribution < -0.4 is 5.73 Å². The number of nitrogens with two attached hydrogens (primary N) is 1. The Morgan fingerprint density at radius 2 is 1.94 bits per heavy atom. The Hall–Kier alpha value is -2.16. The lowest BCUT2D eigenvalue weighted by molar-refractivity contribution is 0.1000. The fourth-order valence-corrected chi connectivity index (χ4v) is 1.87. The zero-order valence-corrected chi connectivity index (χ0v) is 10.4. The topological polar surface area (TPSA) is 56.0 Å². The van der Waals surface area contributed by atoms with Gasteiger partial charge in [-0.1, -0.05) is 37.6 Å². The van der Waals surface area contributed by atoms with E-state index in [0.29, 0.717) is 5.56 Å². The molecule has 0 unspecified atom stereocenters. The molecule has 0 radical (unpaired) electrons. The Labute approximate surface area is 107 Å². The normalized spacial score (nSPS) is 10.3. The van der Waals surface area contributed by atoms with E-state index < -0.39 is 5.91 Å². The molecule has 2 rings (SSSR count). The van der Waals surface area contributed by atoms with Crippen molar-refractivity contribution in [1.82, 2.24) is 4.98 Å². The van der Waals surface area contributed by atoms with Crippen LogP contribution in [0, 0.1) is 0 Å². The minimum atomic E-state index is -0.429. The summed E-state index contributed by atoms with van der Waals surface area (Å²) in [6, 6.07) is 11.6. The molecule has 1 heterocycles. The first-order valence-corrected chi connectivity index (χ1v) is 6.06. The van der Waals surface area contributed by atoms with Crippen molar-refractivity contribution in [2.45, 2.75) is 19.8 Å². The molecule has 18 heavy (non-hydrogen) atoms. The molecule has 0 aliphatic heterocycles. The number of aryl methyl sites for hydroxylation is 1. The lowest BCUT2D eigenvalue weighted by Gasteiger charge is -2.04. The van der Waals surface area contributed by atoms with Crippen LogP contribution in [0.15, 0.2) is 42.6 Å². The van der Waals surface area contributed by atoms with Gasteiger partial charge in [0.2, 0.25) is 5.91 Å². The van der Waals surface area contributed by atoms with E-state index in [1.165, 1.54) is 5.56 Å². The Balaban J connectivity index is 2.30. The van der Waals surface area contributed by atoms with Gasteiger partial charge in [0.25, 0.3) is 0 Å². The lowest BCUT2D eigenvalue weighted by atomic mass is 10.0. The number of benzene rings is 1. The van der Waals surface area contributed by atoms with E-state index in [-0.39, 0.29) is 0 Å². The molecule has 0 spiro atoms. The number of hydrogen-bond donors (Lipinski definition) is 1. The number of nitrogens with zero attached hydrogens (tertiary/aromatic N) is 1. The van der Waals surface area contributed by atoms with Gasteiger partial charge >= 0.3 is 0 Å². The Kier molecular flexibility index (Phi) is 3.72. The van der Waals surface area contributed by atoms with E-state index in [1.54, 1.807) is 18.3 Å². The molecule has 1 aromatic carbocycles. The predicted molar refractivity (Wildman–Crippen MR) is 72.2 cm³/mol. The second-order valence-electron chi connectivity index (χ2n) is 4.24. The fraction of sp³-hybridized carbons (Fsp3) is 0.200. The van der Waals surface area contributed by atoms with Crippen molar-refractivity contribution in [2.75, 3.05) is 0 Å². The average Bonchev–Trinajstić information content (AvgIpc) is 2.40. The molecule has 3 nitrogen and oxygen atoms in total. The number of pyridine rings is 1. The third kappa shape index (κ3) is 2.74. The van der Waals surface area contributed by atoms with E-state index in [2.05, 4.69) is 24.0 Å². The summed E-state index contributed by atoms with van der Waals surface area (Å²) >= 11 is 0.